The fourth-order valence-corrected chi connectivity index (χ4v) is 4.21. The summed E-state index contributed by atoms with van der Waals surface area (Å²) in [5, 5.41) is 22.7. The number of rotatable bonds is 10. The van der Waals surface area contributed by atoms with Crippen LogP contribution in [0.4, 0.5) is 4.39 Å². The summed E-state index contributed by atoms with van der Waals surface area (Å²) in [7, 11) is -2.67. The number of aliphatic hydroxyl groups excluding tert-OH is 1. The lowest BCUT2D eigenvalue weighted by Crippen LogP contribution is -2.41. The molecule has 2 aromatic heterocycles. The summed E-state index contributed by atoms with van der Waals surface area (Å²) in [6.45, 7) is 2.97. The molecule has 0 fully saturated rings. The summed E-state index contributed by atoms with van der Waals surface area (Å²) in [5.41, 5.74) is 4.82. The first-order valence-electron chi connectivity index (χ1n) is 10.7. The summed E-state index contributed by atoms with van der Waals surface area (Å²) in [6.07, 6.45) is -0.0463. The van der Waals surface area contributed by atoms with Crippen LogP contribution >= 0.6 is 0 Å². The Morgan fingerprint density at radius 3 is 2.46 bits per heavy atom. The Morgan fingerprint density at radius 2 is 1.89 bits per heavy atom. The molecule has 12 heteroatoms. The maximum absolute atomic E-state index is 13.4. The summed E-state index contributed by atoms with van der Waals surface area (Å²) in [5.74, 6) is -1.72. The molecule has 35 heavy (non-hydrogen) atoms. The maximum Gasteiger partial charge on any atom is 0.264 e. The molecule has 188 valence electrons. The van der Waals surface area contributed by atoms with Crippen LogP contribution in [0.25, 0.3) is 11.0 Å². The van der Waals surface area contributed by atoms with Gasteiger partial charge in [0.25, 0.3) is 11.5 Å². The van der Waals surface area contributed by atoms with Crippen molar-refractivity contribution in [2.24, 2.45) is 5.73 Å². The Labute approximate surface area is 202 Å². The lowest BCUT2D eigenvalue weighted by atomic mass is 9.80. The van der Waals surface area contributed by atoms with E-state index < -0.39 is 39.4 Å². The molecule has 0 unspecified atom stereocenters. The number of aromatic nitrogens is 2. The average Bonchev–Trinajstić information content (AvgIpc) is 2.78. The number of halogens is 1. The van der Waals surface area contributed by atoms with Gasteiger partial charge in [-0.25, -0.2) is 12.8 Å². The number of pyridine rings is 2. The van der Waals surface area contributed by atoms with Gasteiger partial charge in [0, 0.05) is 30.3 Å². The summed E-state index contributed by atoms with van der Waals surface area (Å²) in [4.78, 5) is 30.2. The first kappa shape index (κ1) is 26.4. The van der Waals surface area contributed by atoms with Crippen LogP contribution in [0.3, 0.4) is 0 Å². The van der Waals surface area contributed by atoms with Crippen molar-refractivity contribution in [3.05, 3.63) is 75.0 Å². The number of aliphatic hydroxyl groups is 2. The van der Waals surface area contributed by atoms with Gasteiger partial charge in [0.15, 0.2) is 17.0 Å². The van der Waals surface area contributed by atoms with Crippen LogP contribution in [-0.4, -0.2) is 52.8 Å². The fraction of sp³-hybridized carbons (Fsp3) is 0.348. The molecular weight excluding hydrogens is 479 g/mol. The van der Waals surface area contributed by atoms with Gasteiger partial charge in [0.2, 0.25) is 0 Å². The van der Waals surface area contributed by atoms with Gasteiger partial charge >= 0.3 is 0 Å². The van der Waals surface area contributed by atoms with Gasteiger partial charge in [0.05, 0.1) is 16.9 Å². The molecule has 0 aliphatic carbocycles. The molecule has 2 heterocycles. The van der Waals surface area contributed by atoms with Gasteiger partial charge < -0.3 is 25.8 Å². The van der Waals surface area contributed by atoms with Crippen molar-refractivity contribution in [2.75, 3.05) is 12.4 Å². The van der Waals surface area contributed by atoms with E-state index in [1.165, 1.54) is 36.7 Å². The van der Waals surface area contributed by atoms with Gasteiger partial charge in [-0.05, 0) is 35.7 Å². The molecule has 3 aromatic rings. The van der Waals surface area contributed by atoms with Gasteiger partial charge in [-0.1, -0.05) is 26.0 Å². The SMILES string of the molecule is CC(C)(c1c(C(N)=O)c(=O)n(CCNC[SH](=O)=O)c2cc(Cc3ccc(F)cc3)cnc12)C(O)O. The second kappa shape index (κ2) is 10.6. The highest BCUT2D eigenvalue weighted by molar-refractivity contribution is 7.72. The smallest absolute Gasteiger partial charge is 0.264 e. The first-order chi connectivity index (χ1) is 16.4. The van der Waals surface area contributed by atoms with Gasteiger partial charge in [-0.2, -0.15) is 0 Å². The van der Waals surface area contributed by atoms with Crippen molar-refractivity contribution in [3.8, 4) is 0 Å². The highest BCUT2D eigenvalue weighted by Crippen LogP contribution is 2.33. The average molecular weight is 507 g/mol. The van der Waals surface area contributed by atoms with Crippen LogP contribution in [0.5, 0.6) is 0 Å². The second-order valence-electron chi connectivity index (χ2n) is 8.67. The molecule has 0 radical (unpaired) electrons. The van der Waals surface area contributed by atoms with Crippen LogP contribution < -0.4 is 16.6 Å². The first-order valence-corrected chi connectivity index (χ1v) is 12.1. The van der Waals surface area contributed by atoms with Crippen LogP contribution in [-0.2, 0) is 29.1 Å². The van der Waals surface area contributed by atoms with E-state index in [-0.39, 0.29) is 35.9 Å². The summed E-state index contributed by atoms with van der Waals surface area (Å²) < 4.78 is 36.2. The number of nitrogens with two attached hydrogens (primary N) is 1. The molecule has 0 saturated carbocycles. The lowest BCUT2D eigenvalue weighted by Gasteiger charge is -2.30. The third kappa shape index (κ3) is 5.73. The molecule has 1 aromatic carbocycles. The number of primary amides is 1. The highest BCUT2D eigenvalue weighted by atomic mass is 32.2. The van der Waals surface area contributed by atoms with Crippen LogP contribution in [0.15, 0.2) is 41.3 Å². The monoisotopic (exact) mass is 506 g/mol. The van der Waals surface area contributed by atoms with Gasteiger partial charge in [-0.15, -0.1) is 0 Å². The number of carbonyl (C=O) groups excluding carboxylic acids is 1. The third-order valence-corrected chi connectivity index (χ3v) is 6.25. The van der Waals surface area contributed by atoms with Gasteiger partial charge in [-0.3, -0.25) is 14.6 Å². The predicted molar refractivity (Wildman–Crippen MR) is 128 cm³/mol. The van der Waals surface area contributed by atoms with E-state index in [2.05, 4.69) is 10.3 Å². The Kier molecular flexibility index (Phi) is 8.00. The zero-order chi connectivity index (χ0) is 25.9. The van der Waals surface area contributed by atoms with E-state index in [9.17, 15) is 32.6 Å². The molecule has 3 rings (SSSR count). The van der Waals surface area contributed by atoms with E-state index in [1.807, 2.05) is 0 Å². The van der Waals surface area contributed by atoms with Crippen molar-refractivity contribution < 1.29 is 27.8 Å². The molecule has 5 N–H and O–H groups in total. The Bertz CT molecular complexity index is 1380. The minimum Gasteiger partial charge on any atom is -0.367 e. The number of hydrogen-bond acceptors (Lipinski definition) is 8. The molecule has 0 spiro atoms. The van der Waals surface area contributed by atoms with Crippen LogP contribution in [0, 0.1) is 5.82 Å². The maximum atomic E-state index is 13.4. The topological polar surface area (TPSA) is 165 Å². The molecular formula is C23H27FN4O6S. The molecule has 10 nitrogen and oxygen atoms in total. The Morgan fingerprint density at radius 1 is 1.23 bits per heavy atom. The van der Waals surface area contributed by atoms with E-state index >= 15 is 0 Å². The quantitative estimate of drug-likeness (QED) is 0.145. The summed E-state index contributed by atoms with van der Waals surface area (Å²) in [6, 6.07) is 7.57. The molecule has 1 amide bonds. The van der Waals surface area contributed by atoms with Crippen molar-refractivity contribution in [1.82, 2.24) is 14.9 Å². The second-order valence-corrected chi connectivity index (χ2v) is 9.65. The number of hydrogen-bond donors (Lipinski definition) is 5. The molecule has 0 aliphatic rings. The lowest BCUT2D eigenvalue weighted by molar-refractivity contribution is -0.0888. The zero-order valence-electron chi connectivity index (χ0n) is 19.2. The Balaban J connectivity index is 2.25. The fourth-order valence-electron chi connectivity index (χ4n) is 3.87. The predicted octanol–water partition coefficient (Wildman–Crippen LogP) is -0.0279. The molecule has 0 atom stereocenters. The minimum atomic E-state index is -2.67. The van der Waals surface area contributed by atoms with Crippen LogP contribution in [0.1, 0.15) is 40.9 Å². The zero-order valence-corrected chi connectivity index (χ0v) is 20.1. The van der Waals surface area contributed by atoms with Crippen LogP contribution in [0.2, 0.25) is 0 Å². The van der Waals surface area contributed by atoms with Crippen molar-refractivity contribution in [2.45, 2.75) is 38.5 Å². The largest absolute Gasteiger partial charge is 0.367 e. The number of fused-ring (bicyclic) bond motifs is 1. The minimum absolute atomic E-state index is 0.000165. The Hall–Kier alpha value is -3.19. The highest BCUT2D eigenvalue weighted by Gasteiger charge is 2.37. The number of nitrogens with zero attached hydrogens (tertiary/aromatic N) is 2. The number of amides is 1. The van der Waals surface area contributed by atoms with Crippen molar-refractivity contribution in [3.63, 3.8) is 0 Å². The van der Waals surface area contributed by atoms with E-state index in [4.69, 9.17) is 5.73 Å². The summed E-state index contributed by atoms with van der Waals surface area (Å²) >= 11 is 0. The van der Waals surface area contributed by atoms with Crippen molar-refractivity contribution >= 4 is 27.6 Å². The normalized spacial score (nSPS) is 12.1. The van der Waals surface area contributed by atoms with E-state index in [0.717, 1.165) is 5.56 Å². The molecule has 0 aliphatic heterocycles. The number of benzene rings is 1. The molecule has 0 saturated heterocycles. The number of carbonyl (C=O) groups is 1. The third-order valence-electron chi connectivity index (χ3n) is 5.77. The van der Waals surface area contributed by atoms with Crippen molar-refractivity contribution in [1.29, 1.82) is 0 Å². The standard InChI is InChI=1S/C23H27FN4O6S/c1-23(2,22(31)32)18-17(20(25)29)21(30)28(8-7-26-12-35(33)34)16-10-14(11-27-19(16)18)9-13-3-5-15(24)6-4-13/h3-6,10-11,22,26,31-32,35H,7-9,12H2,1-2H3,(H2,25,29). The van der Waals surface area contributed by atoms with Gasteiger partial charge in [0.1, 0.15) is 11.4 Å². The number of nitrogens with one attached hydrogen (secondary N) is 1. The van der Waals surface area contributed by atoms with E-state index in [1.54, 1.807) is 18.2 Å². The number of thiol groups is 1. The van der Waals surface area contributed by atoms with E-state index in [0.29, 0.717) is 17.5 Å². The molecule has 0 bridgehead atoms.